The van der Waals surface area contributed by atoms with Gasteiger partial charge in [0.15, 0.2) is 0 Å². The van der Waals surface area contributed by atoms with Crippen LogP contribution in [-0.4, -0.2) is 54.6 Å². The summed E-state index contributed by atoms with van der Waals surface area (Å²) in [6.45, 7) is 13.5. The van der Waals surface area contributed by atoms with Crippen molar-refractivity contribution >= 4 is 0 Å². The number of likely N-dealkylation sites (N-methyl/N-ethyl adjacent to an activating group) is 1. The van der Waals surface area contributed by atoms with Gasteiger partial charge in [0.05, 0.1) is 0 Å². The van der Waals surface area contributed by atoms with Crippen molar-refractivity contribution < 1.29 is 0 Å². The van der Waals surface area contributed by atoms with Gasteiger partial charge in [-0.1, -0.05) is 30.3 Å². The van der Waals surface area contributed by atoms with Gasteiger partial charge in [0, 0.05) is 43.8 Å². The van der Waals surface area contributed by atoms with Crippen LogP contribution in [0.25, 0.3) is 0 Å². The molecule has 1 aromatic rings. The maximum absolute atomic E-state index is 3.69. The lowest BCUT2D eigenvalue weighted by Gasteiger charge is -2.44. The first-order valence-corrected chi connectivity index (χ1v) is 8.11. The molecule has 1 aliphatic heterocycles. The Hall–Kier alpha value is -0.900. The fourth-order valence-electron chi connectivity index (χ4n) is 3.12. The number of hydrogen-bond acceptors (Lipinski definition) is 3. The highest BCUT2D eigenvalue weighted by atomic mass is 15.3. The molecule has 1 aromatic carbocycles. The summed E-state index contributed by atoms with van der Waals surface area (Å²) in [4.78, 5) is 5.09. The van der Waals surface area contributed by atoms with Crippen molar-refractivity contribution in [2.45, 2.75) is 45.3 Å². The van der Waals surface area contributed by atoms with E-state index in [0.29, 0.717) is 12.1 Å². The van der Waals surface area contributed by atoms with Crippen LogP contribution in [-0.2, 0) is 0 Å². The lowest BCUT2D eigenvalue weighted by molar-refractivity contribution is 0.0577. The Morgan fingerprint density at radius 2 is 1.86 bits per heavy atom. The van der Waals surface area contributed by atoms with Crippen molar-refractivity contribution in [2.24, 2.45) is 0 Å². The molecule has 2 atom stereocenters. The molecular formula is C18H31N3. The van der Waals surface area contributed by atoms with E-state index < -0.39 is 0 Å². The van der Waals surface area contributed by atoms with E-state index in [4.69, 9.17) is 0 Å². The molecule has 21 heavy (non-hydrogen) atoms. The number of nitrogens with one attached hydrogen (secondary N) is 1. The summed E-state index contributed by atoms with van der Waals surface area (Å²) in [5.41, 5.74) is 1.58. The number of rotatable bonds is 4. The Morgan fingerprint density at radius 3 is 2.43 bits per heavy atom. The fraction of sp³-hybridized carbons (Fsp3) is 0.667. The quantitative estimate of drug-likeness (QED) is 0.919. The van der Waals surface area contributed by atoms with E-state index in [0.717, 1.165) is 26.2 Å². The van der Waals surface area contributed by atoms with Crippen molar-refractivity contribution in [3.63, 3.8) is 0 Å². The molecule has 0 aromatic heterocycles. The molecule has 2 unspecified atom stereocenters. The smallest absolute Gasteiger partial charge is 0.0476 e. The summed E-state index contributed by atoms with van der Waals surface area (Å²) in [6, 6.07) is 12.0. The van der Waals surface area contributed by atoms with Crippen molar-refractivity contribution in [3.8, 4) is 0 Å². The van der Waals surface area contributed by atoms with E-state index in [1.54, 1.807) is 0 Å². The van der Waals surface area contributed by atoms with Crippen molar-refractivity contribution in [2.75, 3.05) is 33.2 Å². The lowest BCUT2D eigenvalue weighted by atomic mass is 10.00. The van der Waals surface area contributed by atoms with Gasteiger partial charge in [-0.15, -0.1) is 0 Å². The second-order valence-corrected chi connectivity index (χ2v) is 7.41. The predicted octanol–water partition coefficient (Wildman–Crippen LogP) is 2.75. The SMILES string of the molecule is CC1CN(C)CCN1C(CNC(C)(C)C)c1ccccc1. The second kappa shape index (κ2) is 6.91. The highest BCUT2D eigenvalue weighted by Crippen LogP contribution is 2.25. The van der Waals surface area contributed by atoms with Gasteiger partial charge in [0.25, 0.3) is 0 Å². The summed E-state index contributed by atoms with van der Waals surface area (Å²) in [5.74, 6) is 0. The van der Waals surface area contributed by atoms with E-state index in [2.05, 4.69) is 80.2 Å². The van der Waals surface area contributed by atoms with E-state index in [9.17, 15) is 0 Å². The molecule has 1 heterocycles. The van der Waals surface area contributed by atoms with Gasteiger partial charge in [-0.05, 0) is 40.3 Å². The first-order chi connectivity index (χ1) is 9.87. The average Bonchev–Trinajstić information content (AvgIpc) is 2.41. The van der Waals surface area contributed by atoms with Gasteiger partial charge in [-0.2, -0.15) is 0 Å². The van der Waals surface area contributed by atoms with Gasteiger partial charge in [0.1, 0.15) is 0 Å². The van der Waals surface area contributed by atoms with Crippen LogP contribution in [0.15, 0.2) is 30.3 Å². The normalized spacial score (nSPS) is 23.2. The molecule has 0 spiro atoms. The van der Waals surface area contributed by atoms with E-state index in [1.165, 1.54) is 5.56 Å². The Balaban J connectivity index is 2.15. The second-order valence-electron chi connectivity index (χ2n) is 7.41. The molecular weight excluding hydrogens is 258 g/mol. The zero-order valence-electron chi connectivity index (χ0n) is 14.3. The summed E-state index contributed by atoms with van der Waals surface area (Å²) in [5, 5.41) is 3.69. The first-order valence-electron chi connectivity index (χ1n) is 8.11. The Morgan fingerprint density at radius 1 is 1.19 bits per heavy atom. The Kier molecular flexibility index (Phi) is 5.42. The summed E-state index contributed by atoms with van der Waals surface area (Å²) in [7, 11) is 2.22. The number of nitrogens with zero attached hydrogens (tertiary/aromatic N) is 2. The minimum Gasteiger partial charge on any atom is -0.310 e. The summed E-state index contributed by atoms with van der Waals surface area (Å²) in [6.07, 6.45) is 0. The van der Waals surface area contributed by atoms with Gasteiger partial charge in [0.2, 0.25) is 0 Å². The van der Waals surface area contributed by atoms with Crippen molar-refractivity contribution in [3.05, 3.63) is 35.9 Å². The molecule has 2 rings (SSSR count). The van der Waals surface area contributed by atoms with Crippen LogP contribution in [0.4, 0.5) is 0 Å². The fourth-order valence-corrected chi connectivity index (χ4v) is 3.12. The van der Waals surface area contributed by atoms with Crippen LogP contribution in [0.3, 0.4) is 0 Å². The third-order valence-corrected chi connectivity index (χ3v) is 4.29. The van der Waals surface area contributed by atoms with E-state index in [1.807, 2.05) is 0 Å². The predicted molar refractivity (Wildman–Crippen MR) is 90.6 cm³/mol. The zero-order valence-corrected chi connectivity index (χ0v) is 14.3. The van der Waals surface area contributed by atoms with Gasteiger partial charge >= 0.3 is 0 Å². The minimum atomic E-state index is 0.156. The molecule has 1 saturated heterocycles. The molecule has 1 aliphatic rings. The van der Waals surface area contributed by atoms with Crippen LogP contribution in [0.5, 0.6) is 0 Å². The van der Waals surface area contributed by atoms with Crippen molar-refractivity contribution in [1.29, 1.82) is 0 Å². The van der Waals surface area contributed by atoms with Crippen molar-refractivity contribution in [1.82, 2.24) is 15.1 Å². The maximum Gasteiger partial charge on any atom is 0.0476 e. The third kappa shape index (κ3) is 4.80. The highest BCUT2D eigenvalue weighted by molar-refractivity contribution is 5.20. The monoisotopic (exact) mass is 289 g/mol. The number of benzene rings is 1. The Bertz CT molecular complexity index is 424. The summed E-state index contributed by atoms with van der Waals surface area (Å²) >= 11 is 0. The minimum absolute atomic E-state index is 0.156. The molecule has 0 radical (unpaired) electrons. The molecule has 3 nitrogen and oxygen atoms in total. The molecule has 1 N–H and O–H groups in total. The largest absolute Gasteiger partial charge is 0.310 e. The summed E-state index contributed by atoms with van der Waals surface area (Å²) < 4.78 is 0. The van der Waals surface area contributed by atoms with Crippen LogP contribution in [0, 0.1) is 0 Å². The number of piperazine rings is 1. The molecule has 0 amide bonds. The molecule has 0 saturated carbocycles. The van der Waals surface area contributed by atoms with Crippen LogP contribution < -0.4 is 5.32 Å². The Labute approximate surface area is 130 Å². The molecule has 0 aliphatic carbocycles. The topological polar surface area (TPSA) is 18.5 Å². The van der Waals surface area contributed by atoms with Gasteiger partial charge in [-0.25, -0.2) is 0 Å². The first kappa shape index (κ1) is 16.5. The standard InChI is InChI=1S/C18H31N3/c1-15-14-20(5)11-12-21(15)17(13-19-18(2,3)4)16-9-7-6-8-10-16/h6-10,15,17,19H,11-14H2,1-5H3. The van der Waals surface area contributed by atoms with Gasteiger partial charge in [-0.3, -0.25) is 4.90 Å². The molecule has 0 bridgehead atoms. The zero-order chi connectivity index (χ0) is 15.5. The van der Waals surface area contributed by atoms with E-state index in [-0.39, 0.29) is 5.54 Å². The van der Waals surface area contributed by atoms with Crippen LogP contribution in [0.2, 0.25) is 0 Å². The molecule has 3 heteroatoms. The average molecular weight is 289 g/mol. The third-order valence-electron chi connectivity index (χ3n) is 4.29. The molecule has 1 fully saturated rings. The highest BCUT2D eigenvalue weighted by Gasteiger charge is 2.29. The lowest BCUT2D eigenvalue weighted by Crippen LogP contribution is -2.54. The van der Waals surface area contributed by atoms with Crippen LogP contribution >= 0.6 is 0 Å². The number of hydrogen-bond donors (Lipinski definition) is 1. The maximum atomic E-state index is 3.69. The van der Waals surface area contributed by atoms with Gasteiger partial charge < -0.3 is 10.2 Å². The van der Waals surface area contributed by atoms with Crippen LogP contribution in [0.1, 0.15) is 39.3 Å². The molecule has 118 valence electrons. The van der Waals surface area contributed by atoms with E-state index >= 15 is 0 Å².